The van der Waals surface area contributed by atoms with Crippen molar-refractivity contribution in [1.29, 1.82) is 0 Å². The predicted octanol–water partition coefficient (Wildman–Crippen LogP) is 3.61. The number of hydrogen-bond donors (Lipinski definition) is 1. The molecule has 0 amide bonds. The number of carbonyl (C=O) groups is 12. The van der Waals surface area contributed by atoms with Crippen LogP contribution in [-0.4, -0.2) is 219 Å². The zero-order chi connectivity index (χ0) is 73.0. The molecule has 32 nitrogen and oxygen atoms in total. The van der Waals surface area contributed by atoms with Crippen LogP contribution in [0.3, 0.4) is 0 Å². The molecular formula is C67H94O32. The smallest absolute Gasteiger partial charge is 0.314 e. The average Bonchev–Trinajstić information content (AvgIpc) is 1.64. The molecule has 4 aliphatic carbocycles. The van der Waals surface area contributed by atoms with Crippen molar-refractivity contribution < 1.29 is 153 Å². The molecule has 99 heavy (non-hydrogen) atoms. The summed E-state index contributed by atoms with van der Waals surface area (Å²) in [5.41, 5.74) is -2.97. The molecule has 2 bridgehead atoms. The highest BCUT2D eigenvalue weighted by Crippen LogP contribution is 2.74. The van der Waals surface area contributed by atoms with Crippen molar-refractivity contribution in [3.8, 4) is 0 Å². The van der Waals surface area contributed by atoms with E-state index in [1.54, 1.807) is 0 Å². The highest BCUT2D eigenvalue weighted by Gasteiger charge is 2.70. The first-order chi connectivity index (χ1) is 46.4. The van der Waals surface area contributed by atoms with Crippen molar-refractivity contribution in [2.75, 3.05) is 19.8 Å². The maximum Gasteiger partial charge on any atom is 0.314 e. The Morgan fingerprint density at radius 1 is 0.465 bits per heavy atom. The molecule has 8 rings (SSSR count). The van der Waals surface area contributed by atoms with Gasteiger partial charge in [0.1, 0.15) is 30.5 Å². The van der Waals surface area contributed by atoms with E-state index in [4.69, 9.17) is 90.0 Å². The largest absolute Gasteiger partial charge is 0.466 e. The van der Waals surface area contributed by atoms with Crippen LogP contribution in [0.4, 0.5) is 0 Å². The van der Waals surface area contributed by atoms with E-state index in [0.717, 1.165) is 69.2 Å². The van der Waals surface area contributed by atoms with Gasteiger partial charge in [-0.1, -0.05) is 19.9 Å². The van der Waals surface area contributed by atoms with Crippen LogP contribution in [0.15, 0.2) is 12.2 Å². The molecule has 4 saturated carbocycles. The van der Waals surface area contributed by atoms with Gasteiger partial charge in [-0.15, -0.1) is 0 Å². The number of rotatable bonds is 23. The van der Waals surface area contributed by atoms with E-state index in [9.17, 15) is 57.8 Å². The monoisotopic (exact) mass is 1410 g/mol. The highest BCUT2D eigenvalue weighted by atomic mass is 16.8. The topological polar surface area (TPSA) is 400 Å². The Bertz CT molecular complexity index is 3060. The summed E-state index contributed by atoms with van der Waals surface area (Å²) in [6.07, 6.45) is -27.4. The lowest BCUT2D eigenvalue weighted by Crippen LogP contribution is -2.68. The van der Waals surface area contributed by atoms with Gasteiger partial charge in [0.05, 0.1) is 36.9 Å². The Morgan fingerprint density at radius 2 is 0.929 bits per heavy atom. The quantitative estimate of drug-likeness (QED) is 0.0660. The van der Waals surface area contributed by atoms with E-state index in [1.165, 1.54) is 13.8 Å². The second kappa shape index (κ2) is 31.9. The molecule has 0 radical (unpaired) electrons. The summed E-state index contributed by atoms with van der Waals surface area (Å²) in [4.78, 5) is 155. The molecule has 1 spiro atoms. The number of hydrogen-bond acceptors (Lipinski definition) is 32. The van der Waals surface area contributed by atoms with Crippen LogP contribution >= 0.6 is 0 Å². The summed E-state index contributed by atoms with van der Waals surface area (Å²) in [5, 5.41) is 12.4. The molecule has 4 saturated heterocycles. The van der Waals surface area contributed by atoms with E-state index in [0.29, 0.717) is 56.9 Å². The third kappa shape index (κ3) is 17.7. The molecule has 4 aliphatic heterocycles. The van der Waals surface area contributed by atoms with Crippen LogP contribution in [0.25, 0.3) is 0 Å². The van der Waals surface area contributed by atoms with Crippen LogP contribution in [0.2, 0.25) is 0 Å². The standard InChI is InChI=1S/C67H94O32/c1-30-27-66-23-17-46-64(14,21-16-22-65(46,15)63(80)98-60-56(92-41(12)77)52(89-38(9)74)45(28-83-60)85-34(5)70)47(66)18-24-67(30,29-66)99-62-58(97-61-57(93-42(13)78)54(91-40(11)76)49(31(2)84-61)86-35(6)71)55(51(88-37(8)73)44(95-62)20-26-82-33(4)69)96-59-48(79)53(90-39(10)75)50(87-36(7)72)43(94-59)19-25-81-32(3)68/h31,43-62,79H,1,16-29H2,2-15H3/t31-,43-,44-,45+,46+,47+,48-,49-,50-,51-,52+,53-,54+,55+,56-,57-,58-,59+,60+,61+,62+,64-,65-,66-,67+/m1/s1. The maximum atomic E-state index is 15.1. The second-order valence-corrected chi connectivity index (χ2v) is 27.5. The Balaban J connectivity index is 1.20. The van der Waals surface area contributed by atoms with Crippen molar-refractivity contribution in [2.45, 2.75) is 290 Å². The molecule has 32 heteroatoms. The number of aliphatic hydroxyl groups excluding tert-OH is 1. The van der Waals surface area contributed by atoms with Gasteiger partial charge in [0.25, 0.3) is 0 Å². The van der Waals surface area contributed by atoms with Crippen LogP contribution in [-0.2, 0) is 148 Å². The minimum atomic E-state index is -2.08. The fourth-order valence-electron chi connectivity index (χ4n) is 16.8. The second-order valence-electron chi connectivity index (χ2n) is 27.5. The molecule has 0 aromatic rings. The predicted molar refractivity (Wildman–Crippen MR) is 326 cm³/mol. The first-order valence-electron chi connectivity index (χ1n) is 33.4. The van der Waals surface area contributed by atoms with Gasteiger partial charge in [-0.3, -0.25) is 57.5 Å². The van der Waals surface area contributed by atoms with Crippen molar-refractivity contribution in [3.05, 3.63) is 12.2 Å². The Hall–Kier alpha value is -6.94. The molecular weight excluding hydrogens is 1320 g/mol. The van der Waals surface area contributed by atoms with Gasteiger partial charge in [-0.25, -0.2) is 0 Å². The zero-order valence-electron chi connectivity index (χ0n) is 58.3. The SMILES string of the molecule is C=C1C[C@@]23CC[C@H]4[C@@](C)(CCC[C@@]4(C)C(=O)O[C@@H]4OC[C@H](OC(C)=O)[C@H](OC(C)=O)[C@H]4OC(C)=O)[C@@H]2CC[C@]1(O[C@@H]1O[C@H](CCOC(C)=O)[C@@H](OC(C)=O)[C@H](O[C@@H]2O[C@H](CCOC(C)=O)[C@@H](OC(C)=O)[C@H](OC(C)=O)[C@H]2O)[C@H]1O[C@@H]1O[C@H](C)[C@@H](OC(C)=O)[C@H](OC(C)=O)[C@H]1OC(C)=O)C3. The average molecular weight is 1410 g/mol. The lowest BCUT2D eigenvalue weighted by atomic mass is 9.41. The van der Waals surface area contributed by atoms with Crippen LogP contribution in [0.1, 0.15) is 168 Å². The lowest BCUT2D eigenvalue weighted by molar-refractivity contribution is -0.397. The van der Waals surface area contributed by atoms with Gasteiger partial charge in [0.2, 0.25) is 12.4 Å². The van der Waals surface area contributed by atoms with Crippen molar-refractivity contribution >= 4 is 71.6 Å². The molecule has 1 N–H and O–H groups in total. The third-order valence-electron chi connectivity index (χ3n) is 20.2. The van der Waals surface area contributed by atoms with Crippen molar-refractivity contribution in [2.24, 2.45) is 28.1 Å². The summed E-state index contributed by atoms with van der Waals surface area (Å²) >= 11 is 0. The minimum Gasteiger partial charge on any atom is -0.466 e. The summed E-state index contributed by atoms with van der Waals surface area (Å²) in [5.74, 6) is -10.2. The summed E-state index contributed by atoms with van der Waals surface area (Å²) in [7, 11) is 0. The van der Waals surface area contributed by atoms with Crippen molar-refractivity contribution in [3.63, 3.8) is 0 Å². The van der Waals surface area contributed by atoms with Crippen LogP contribution in [0, 0.1) is 28.1 Å². The van der Waals surface area contributed by atoms with Crippen LogP contribution in [0.5, 0.6) is 0 Å². The molecule has 8 aliphatic rings. The van der Waals surface area contributed by atoms with Crippen molar-refractivity contribution in [1.82, 2.24) is 0 Å². The number of fused-ring (bicyclic) bond motifs is 3. The molecule has 0 aromatic carbocycles. The molecule has 4 heterocycles. The molecule has 0 unspecified atom stereocenters. The first kappa shape index (κ1) is 77.8. The molecule has 25 atom stereocenters. The summed E-state index contributed by atoms with van der Waals surface area (Å²) in [6.45, 7) is 21.1. The van der Waals surface area contributed by atoms with E-state index >= 15 is 4.79 Å². The van der Waals surface area contributed by atoms with Gasteiger partial charge in [-0.2, -0.15) is 0 Å². The zero-order valence-corrected chi connectivity index (χ0v) is 58.3. The van der Waals surface area contributed by atoms with Crippen LogP contribution < -0.4 is 0 Å². The van der Waals surface area contributed by atoms with E-state index in [-0.39, 0.29) is 50.9 Å². The first-order valence-corrected chi connectivity index (χ1v) is 33.4. The van der Waals surface area contributed by atoms with Gasteiger partial charge >= 0.3 is 71.6 Å². The fraction of sp³-hybridized carbons (Fsp3) is 0.791. The van der Waals surface area contributed by atoms with Gasteiger partial charge < -0.3 is 95.1 Å². The number of ether oxygens (including phenoxy) is 19. The number of aliphatic hydroxyl groups is 1. The maximum absolute atomic E-state index is 15.1. The highest BCUT2D eigenvalue weighted by molar-refractivity contribution is 5.78. The van der Waals surface area contributed by atoms with E-state index < -0.39 is 210 Å². The summed E-state index contributed by atoms with van der Waals surface area (Å²) < 4.78 is 115. The third-order valence-corrected chi connectivity index (χ3v) is 20.2. The lowest BCUT2D eigenvalue weighted by Gasteiger charge is -2.64. The van der Waals surface area contributed by atoms with E-state index in [1.807, 2.05) is 6.92 Å². The van der Waals surface area contributed by atoms with Gasteiger partial charge in [0.15, 0.2) is 67.7 Å². The van der Waals surface area contributed by atoms with Gasteiger partial charge in [0, 0.05) is 89.0 Å². The minimum absolute atomic E-state index is 0.102. The number of esters is 12. The fourth-order valence-corrected chi connectivity index (χ4v) is 16.8. The molecule has 0 aromatic heterocycles. The van der Waals surface area contributed by atoms with E-state index in [2.05, 4.69) is 13.5 Å². The summed E-state index contributed by atoms with van der Waals surface area (Å²) in [6, 6.07) is 0. The Kier molecular flexibility index (Phi) is 25.1. The molecule has 8 fully saturated rings. The number of carbonyl (C=O) groups excluding carboxylic acids is 12. The Morgan fingerprint density at radius 3 is 1.47 bits per heavy atom. The van der Waals surface area contributed by atoms with Gasteiger partial charge in [-0.05, 0) is 93.5 Å². The normalized spacial score (nSPS) is 39.1. The Labute approximate surface area is 572 Å². The molecule has 554 valence electrons.